The fourth-order valence-electron chi connectivity index (χ4n) is 2.64. The van der Waals surface area contributed by atoms with Crippen LogP contribution < -0.4 is 0 Å². The maximum atomic E-state index is 3.67. The van der Waals surface area contributed by atoms with Crippen LogP contribution in [-0.2, 0) is 0 Å². The van der Waals surface area contributed by atoms with Crippen molar-refractivity contribution in [1.29, 1.82) is 0 Å². The Hall–Kier alpha value is -1.34. The topological polar surface area (TPSA) is 0 Å². The number of halogens is 1. The molecular weight excluding hydrogens is 284 g/mol. The van der Waals surface area contributed by atoms with Gasteiger partial charge in [-0.2, -0.15) is 0 Å². The van der Waals surface area contributed by atoms with Gasteiger partial charge in [-0.3, -0.25) is 0 Å². The van der Waals surface area contributed by atoms with Gasteiger partial charge in [-0.05, 0) is 35.3 Å². The molecule has 0 aliphatic heterocycles. The molecule has 2 aromatic rings. The van der Waals surface area contributed by atoms with E-state index < -0.39 is 0 Å². The third kappa shape index (κ3) is 1.83. The molecule has 1 atom stereocenters. The fourth-order valence-corrected chi connectivity index (χ4v) is 3.37. The number of benzene rings is 2. The maximum absolute atomic E-state index is 3.67. The minimum atomic E-state index is 0.479. The van der Waals surface area contributed by atoms with Crippen LogP contribution in [0.5, 0.6) is 0 Å². The van der Waals surface area contributed by atoms with E-state index >= 15 is 0 Å². The summed E-state index contributed by atoms with van der Waals surface area (Å²) in [6.45, 7) is 4.38. The highest BCUT2D eigenvalue weighted by Gasteiger charge is 2.22. The van der Waals surface area contributed by atoms with Crippen molar-refractivity contribution >= 4 is 21.5 Å². The molecule has 0 nitrogen and oxygen atoms in total. The largest absolute Gasteiger partial charge is 0.0687 e. The second-order valence-corrected chi connectivity index (χ2v) is 5.79. The standard InChI is InChI=1S/C17H15Br/c1-11-6-8-13(9-7-11)15-10-12(2)17-14(15)4-3-5-16(17)18/h3-10,12H,1-2H3. The van der Waals surface area contributed by atoms with Crippen LogP contribution in [0.1, 0.15) is 35.1 Å². The summed E-state index contributed by atoms with van der Waals surface area (Å²) in [5.74, 6) is 0.479. The molecule has 1 unspecified atom stereocenters. The Kier molecular flexibility index (Phi) is 2.87. The van der Waals surface area contributed by atoms with Gasteiger partial charge in [-0.1, -0.05) is 70.9 Å². The van der Waals surface area contributed by atoms with Gasteiger partial charge < -0.3 is 0 Å². The Morgan fingerprint density at radius 3 is 2.44 bits per heavy atom. The third-order valence-corrected chi connectivity index (χ3v) is 4.27. The van der Waals surface area contributed by atoms with E-state index in [4.69, 9.17) is 0 Å². The highest BCUT2D eigenvalue weighted by Crippen LogP contribution is 2.42. The Labute approximate surface area is 116 Å². The molecule has 2 aromatic carbocycles. The first-order valence-electron chi connectivity index (χ1n) is 6.24. The molecule has 0 fully saturated rings. The van der Waals surface area contributed by atoms with Gasteiger partial charge in [0.2, 0.25) is 0 Å². The van der Waals surface area contributed by atoms with Crippen molar-refractivity contribution in [2.24, 2.45) is 0 Å². The first-order chi connectivity index (χ1) is 8.66. The highest BCUT2D eigenvalue weighted by atomic mass is 79.9. The quantitative estimate of drug-likeness (QED) is 0.669. The van der Waals surface area contributed by atoms with Gasteiger partial charge in [0.25, 0.3) is 0 Å². The number of rotatable bonds is 1. The van der Waals surface area contributed by atoms with Crippen molar-refractivity contribution < 1.29 is 0 Å². The normalized spacial score (nSPS) is 17.5. The van der Waals surface area contributed by atoms with E-state index in [1.54, 1.807) is 0 Å². The monoisotopic (exact) mass is 298 g/mol. The Morgan fingerprint density at radius 1 is 1.00 bits per heavy atom. The maximum Gasteiger partial charge on any atom is 0.0219 e. The van der Waals surface area contributed by atoms with E-state index in [-0.39, 0.29) is 0 Å². The van der Waals surface area contributed by atoms with Crippen LogP contribution in [0.15, 0.2) is 53.0 Å². The summed E-state index contributed by atoms with van der Waals surface area (Å²) < 4.78 is 1.21. The van der Waals surface area contributed by atoms with Crippen LogP contribution in [-0.4, -0.2) is 0 Å². The molecule has 0 amide bonds. The van der Waals surface area contributed by atoms with Crippen molar-refractivity contribution in [2.75, 3.05) is 0 Å². The molecule has 1 aliphatic carbocycles. The molecule has 0 aromatic heterocycles. The molecule has 18 heavy (non-hydrogen) atoms. The van der Waals surface area contributed by atoms with Crippen molar-refractivity contribution in [3.05, 3.63) is 75.3 Å². The lowest BCUT2D eigenvalue weighted by Crippen LogP contribution is -1.90. The van der Waals surface area contributed by atoms with Crippen LogP contribution in [0.25, 0.3) is 5.57 Å². The minimum absolute atomic E-state index is 0.479. The summed E-state index contributed by atoms with van der Waals surface area (Å²) in [5.41, 5.74) is 6.75. The van der Waals surface area contributed by atoms with E-state index in [0.717, 1.165) is 0 Å². The zero-order valence-electron chi connectivity index (χ0n) is 10.6. The molecule has 1 heteroatoms. The fraction of sp³-hybridized carbons (Fsp3) is 0.176. The number of hydrogen-bond donors (Lipinski definition) is 0. The molecule has 1 aliphatic rings. The molecule has 0 radical (unpaired) electrons. The number of aryl methyl sites for hydroxylation is 1. The average molecular weight is 299 g/mol. The number of allylic oxidation sites excluding steroid dienone is 1. The SMILES string of the molecule is Cc1ccc(C2=CC(C)c3c(Br)cccc32)cc1. The van der Waals surface area contributed by atoms with Crippen molar-refractivity contribution in [3.8, 4) is 0 Å². The van der Waals surface area contributed by atoms with Crippen LogP contribution in [0.3, 0.4) is 0 Å². The van der Waals surface area contributed by atoms with E-state index in [1.807, 2.05) is 0 Å². The molecule has 90 valence electrons. The van der Waals surface area contributed by atoms with Gasteiger partial charge in [0.15, 0.2) is 0 Å². The average Bonchev–Trinajstić information content (AvgIpc) is 2.69. The molecule has 0 bridgehead atoms. The highest BCUT2D eigenvalue weighted by molar-refractivity contribution is 9.10. The van der Waals surface area contributed by atoms with Crippen molar-refractivity contribution in [2.45, 2.75) is 19.8 Å². The van der Waals surface area contributed by atoms with E-state index in [0.29, 0.717) is 5.92 Å². The van der Waals surface area contributed by atoms with Gasteiger partial charge in [0, 0.05) is 10.4 Å². The summed E-state index contributed by atoms with van der Waals surface area (Å²) in [7, 11) is 0. The summed E-state index contributed by atoms with van der Waals surface area (Å²) in [4.78, 5) is 0. The van der Waals surface area contributed by atoms with Gasteiger partial charge >= 0.3 is 0 Å². The van der Waals surface area contributed by atoms with Gasteiger partial charge in [0.05, 0.1) is 0 Å². The lowest BCUT2D eigenvalue weighted by molar-refractivity contribution is 0.982. The zero-order valence-corrected chi connectivity index (χ0v) is 12.2. The summed E-state index contributed by atoms with van der Waals surface area (Å²) in [6.07, 6.45) is 2.36. The second kappa shape index (κ2) is 4.40. The summed E-state index contributed by atoms with van der Waals surface area (Å²) in [5, 5.41) is 0. The van der Waals surface area contributed by atoms with Crippen LogP contribution in [0, 0.1) is 6.92 Å². The van der Waals surface area contributed by atoms with Crippen LogP contribution in [0.2, 0.25) is 0 Å². The molecule has 3 rings (SSSR count). The lowest BCUT2D eigenvalue weighted by Gasteiger charge is -2.09. The molecule has 0 saturated carbocycles. The predicted octanol–water partition coefficient (Wildman–Crippen LogP) is 5.31. The second-order valence-electron chi connectivity index (χ2n) is 4.94. The summed E-state index contributed by atoms with van der Waals surface area (Å²) in [6, 6.07) is 15.2. The smallest absolute Gasteiger partial charge is 0.0219 e. The lowest BCUT2D eigenvalue weighted by atomic mass is 9.98. The van der Waals surface area contributed by atoms with E-state index in [9.17, 15) is 0 Å². The van der Waals surface area contributed by atoms with Gasteiger partial charge in [-0.25, -0.2) is 0 Å². The Balaban J connectivity index is 2.14. The number of hydrogen-bond acceptors (Lipinski definition) is 0. The Bertz CT molecular complexity index is 621. The molecule has 0 spiro atoms. The summed E-state index contributed by atoms with van der Waals surface area (Å²) >= 11 is 3.67. The van der Waals surface area contributed by atoms with Crippen LogP contribution >= 0.6 is 15.9 Å². The first-order valence-corrected chi connectivity index (χ1v) is 7.04. The van der Waals surface area contributed by atoms with Gasteiger partial charge in [-0.15, -0.1) is 0 Å². The van der Waals surface area contributed by atoms with Gasteiger partial charge in [0.1, 0.15) is 0 Å². The predicted molar refractivity (Wildman–Crippen MR) is 80.8 cm³/mol. The molecule has 0 saturated heterocycles. The third-order valence-electron chi connectivity index (χ3n) is 3.58. The zero-order chi connectivity index (χ0) is 12.7. The Morgan fingerprint density at radius 2 is 1.72 bits per heavy atom. The number of fused-ring (bicyclic) bond motifs is 1. The molecule has 0 N–H and O–H groups in total. The van der Waals surface area contributed by atoms with E-state index in [1.165, 1.54) is 32.3 Å². The molecule has 0 heterocycles. The van der Waals surface area contributed by atoms with Crippen molar-refractivity contribution in [1.82, 2.24) is 0 Å². The van der Waals surface area contributed by atoms with Crippen molar-refractivity contribution in [3.63, 3.8) is 0 Å². The first kappa shape index (κ1) is 11.7. The minimum Gasteiger partial charge on any atom is -0.0687 e. The molecular formula is C17H15Br. The van der Waals surface area contributed by atoms with E-state index in [2.05, 4.69) is 78.3 Å². The van der Waals surface area contributed by atoms with Crippen LogP contribution in [0.4, 0.5) is 0 Å².